The topological polar surface area (TPSA) is 59.5 Å². The molecule has 0 atom stereocenters. The van der Waals surface area contributed by atoms with E-state index in [0.717, 1.165) is 34.4 Å². The number of rotatable bonds is 3. The van der Waals surface area contributed by atoms with Crippen LogP contribution in [-0.2, 0) is 4.79 Å². The first-order valence-corrected chi connectivity index (χ1v) is 10.1. The Bertz CT molecular complexity index is 1220. The molecule has 5 nitrogen and oxygen atoms in total. The van der Waals surface area contributed by atoms with Crippen LogP contribution in [0.15, 0.2) is 47.4 Å². The Hall–Kier alpha value is -3.46. The summed E-state index contributed by atoms with van der Waals surface area (Å²) in [5.74, 6) is -2.80. The molecule has 0 bridgehead atoms. The molecule has 0 aliphatic carbocycles. The lowest BCUT2D eigenvalue weighted by Crippen LogP contribution is -2.23. The third-order valence-corrected chi connectivity index (χ3v) is 5.44. The maximum Gasteiger partial charge on any atom is 0.230 e. The maximum atomic E-state index is 14.2. The van der Waals surface area contributed by atoms with Crippen LogP contribution in [0.5, 0.6) is 5.75 Å². The highest BCUT2D eigenvalue weighted by Gasteiger charge is 2.24. The Morgan fingerprint density at radius 3 is 2.65 bits per heavy atom. The van der Waals surface area contributed by atoms with E-state index >= 15 is 0 Å². The summed E-state index contributed by atoms with van der Waals surface area (Å²) in [6.07, 6.45) is 1.82. The summed E-state index contributed by atoms with van der Waals surface area (Å²) in [6.45, 7) is 1.47. The highest BCUT2D eigenvalue weighted by atomic mass is 32.1. The molecule has 3 aromatic rings. The predicted molar refractivity (Wildman–Crippen MR) is 110 cm³/mol. The average molecular weight is 444 g/mol. The summed E-state index contributed by atoms with van der Waals surface area (Å²) in [6, 6.07) is 6.64. The zero-order valence-electron chi connectivity index (χ0n) is 16.2. The van der Waals surface area contributed by atoms with E-state index in [1.807, 2.05) is 0 Å². The summed E-state index contributed by atoms with van der Waals surface area (Å²) in [5.41, 5.74) is 0.726. The number of ether oxygens (including phenoxy) is 1. The molecule has 0 fully saturated rings. The Morgan fingerprint density at radius 1 is 1.16 bits per heavy atom. The number of anilines is 2. The van der Waals surface area contributed by atoms with Crippen LogP contribution in [0.1, 0.15) is 29.4 Å². The Labute approximate surface area is 179 Å². The molecule has 2 heterocycles. The molecule has 0 radical (unpaired) electrons. The number of fused-ring (bicyclic) bond motifs is 1. The maximum absolute atomic E-state index is 14.2. The second kappa shape index (κ2) is 8.35. The predicted octanol–water partition coefficient (Wildman–Crippen LogP) is 5.29. The number of thiazole rings is 1. The number of Topliss-reactive ketones (excluding diaryl/α,β-unsaturated/α-hetero) is 1. The number of amides is 1. The minimum absolute atomic E-state index is 0.123. The SMILES string of the molecule is CC(=O)N(c1nc(/C=C2/CCOc3ccc(F)cc3C2=O)cs1)c1ccc(F)cc1F. The van der Waals surface area contributed by atoms with Crippen LogP contribution in [0.25, 0.3) is 6.08 Å². The summed E-state index contributed by atoms with van der Waals surface area (Å²) in [5, 5.41) is 1.76. The van der Waals surface area contributed by atoms with Crippen LogP contribution in [0, 0.1) is 17.5 Å². The van der Waals surface area contributed by atoms with E-state index in [4.69, 9.17) is 4.74 Å². The fourth-order valence-electron chi connectivity index (χ4n) is 3.19. The summed E-state index contributed by atoms with van der Waals surface area (Å²) in [4.78, 5) is 30.4. The molecule has 9 heteroatoms. The smallest absolute Gasteiger partial charge is 0.230 e. The van der Waals surface area contributed by atoms with Crippen molar-refractivity contribution < 1.29 is 27.5 Å². The number of ketones is 1. The first kappa shape index (κ1) is 20.8. The lowest BCUT2D eigenvalue weighted by molar-refractivity contribution is -0.115. The minimum Gasteiger partial charge on any atom is -0.492 e. The average Bonchev–Trinajstić information content (AvgIpc) is 3.11. The van der Waals surface area contributed by atoms with Crippen LogP contribution < -0.4 is 9.64 Å². The molecular weight excluding hydrogens is 429 g/mol. The van der Waals surface area contributed by atoms with E-state index in [-0.39, 0.29) is 35.2 Å². The van der Waals surface area contributed by atoms with Crippen molar-refractivity contribution in [3.63, 3.8) is 0 Å². The van der Waals surface area contributed by atoms with Crippen LogP contribution in [0.4, 0.5) is 24.0 Å². The second-order valence-corrected chi connectivity index (χ2v) is 7.58. The fraction of sp³-hybridized carbons (Fsp3) is 0.136. The number of aromatic nitrogens is 1. The number of carbonyl (C=O) groups is 2. The second-order valence-electron chi connectivity index (χ2n) is 6.74. The van der Waals surface area contributed by atoms with Gasteiger partial charge in [-0.1, -0.05) is 0 Å². The Morgan fingerprint density at radius 2 is 1.90 bits per heavy atom. The zero-order chi connectivity index (χ0) is 22.1. The van der Waals surface area contributed by atoms with E-state index in [2.05, 4.69) is 4.98 Å². The van der Waals surface area contributed by atoms with Crippen LogP contribution in [-0.4, -0.2) is 23.3 Å². The summed E-state index contributed by atoms with van der Waals surface area (Å²) < 4.78 is 46.6. The molecule has 0 unspecified atom stereocenters. The molecule has 1 amide bonds. The zero-order valence-corrected chi connectivity index (χ0v) is 17.0. The van der Waals surface area contributed by atoms with Gasteiger partial charge in [-0.25, -0.2) is 18.2 Å². The van der Waals surface area contributed by atoms with Crippen molar-refractivity contribution in [1.29, 1.82) is 0 Å². The number of carbonyl (C=O) groups excluding carboxylic acids is 2. The van der Waals surface area contributed by atoms with Crippen LogP contribution in [0.3, 0.4) is 0 Å². The third-order valence-electron chi connectivity index (χ3n) is 4.60. The lowest BCUT2D eigenvalue weighted by Gasteiger charge is -2.18. The van der Waals surface area contributed by atoms with Gasteiger partial charge in [0.25, 0.3) is 0 Å². The highest BCUT2D eigenvalue weighted by molar-refractivity contribution is 7.14. The quantitative estimate of drug-likeness (QED) is 0.515. The van der Waals surface area contributed by atoms with Crippen LogP contribution in [0.2, 0.25) is 0 Å². The van der Waals surface area contributed by atoms with Crippen molar-refractivity contribution in [1.82, 2.24) is 4.98 Å². The number of halogens is 3. The standard InChI is InChI=1S/C22H15F3N2O3S/c1-12(28)27(19-4-2-15(24)10-18(19)25)22-26-16(11-31-22)8-13-6-7-30-20-5-3-14(23)9-17(20)21(13)29/h2-5,8-11H,6-7H2,1H3/b13-8-. The van der Waals surface area contributed by atoms with E-state index in [1.54, 1.807) is 5.38 Å². The van der Waals surface area contributed by atoms with Gasteiger partial charge < -0.3 is 4.74 Å². The molecule has 31 heavy (non-hydrogen) atoms. The van der Waals surface area contributed by atoms with Gasteiger partial charge >= 0.3 is 0 Å². The molecule has 0 spiro atoms. The Balaban J connectivity index is 1.68. The van der Waals surface area contributed by atoms with Gasteiger partial charge in [0.15, 0.2) is 10.9 Å². The first-order chi connectivity index (χ1) is 14.8. The molecule has 1 aliphatic heterocycles. The van der Waals surface area contributed by atoms with Gasteiger partial charge in [-0.3, -0.25) is 14.5 Å². The molecule has 1 aliphatic rings. The highest BCUT2D eigenvalue weighted by Crippen LogP contribution is 2.33. The first-order valence-electron chi connectivity index (χ1n) is 9.22. The van der Waals surface area contributed by atoms with E-state index in [1.165, 1.54) is 25.1 Å². The molecule has 1 aromatic heterocycles. The molecule has 2 aromatic carbocycles. The molecule has 0 N–H and O–H groups in total. The van der Waals surface area contributed by atoms with E-state index < -0.39 is 23.4 Å². The van der Waals surface area contributed by atoms with Crippen molar-refractivity contribution in [2.45, 2.75) is 13.3 Å². The number of hydrogen-bond donors (Lipinski definition) is 0. The van der Waals surface area contributed by atoms with Gasteiger partial charge in [0.05, 0.1) is 23.6 Å². The van der Waals surface area contributed by atoms with Crippen molar-refractivity contribution in [3.05, 3.63) is 76.1 Å². The fourth-order valence-corrected chi connectivity index (χ4v) is 4.03. The van der Waals surface area contributed by atoms with Crippen LogP contribution >= 0.6 is 11.3 Å². The minimum atomic E-state index is -0.903. The normalized spacial score (nSPS) is 14.7. The monoisotopic (exact) mass is 444 g/mol. The number of nitrogens with zero attached hydrogens (tertiary/aromatic N) is 2. The van der Waals surface area contributed by atoms with E-state index in [0.29, 0.717) is 23.1 Å². The van der Waals surface area contributed by atoms with Crippen molar-refractivity contribution >= 4 is 39.9 Å². The van der Waals surface area contributed by atoms with Gasteiger partial charge in [-0.2, -0.15) is 0 Å². The molecule has 0 saturated carbocycles. The third kappa shape index (κ3) is 4.22. The van der Waals surface area contributed by atoms with E-state index in [9.17, 15) is 22.8 Å². The van der Waals surface area contributed by atoms with Crippen molar-refractivity contribution in [2.24, 2.45) is 0 Å². The number of hydrogen-bond acceptors (Lipinski definition) is 5. The van der Waals surface area contributed by atoms with Gasteiger partial charge in [0.1, 0.15) is 23.2 Å². The summed E-state index contributed by atoms with van der Waals surface area (Å²) in [7, 11) is 0. The van der Waals surface area contributed by atoms with Crippen molar-refractivity contribution in [3.8, 4) is 5.75 Å². The van der Waals surface area contributed by atoms with Gasteiger partial charge in [0, 0.05) is 30.4 Å². The summed E-state index contributed by atoms with van der Waals surface area (Å²) >= 11 is 1.06. The van der Waals surface area contributed by atoms with Crippen molar-refractivity contribution in [2.75, 3.05) is 11.5 Å². The lowest BCUT2D eigenvalue weighted by atomic mass is 10.0. The van der Waals surface area contributed by atoms with Gasteiger partial charge in [0.2, 0.25) is 5.91 Å². The molecule has 158 valence electrons. The number of benzene rings is 2. The Kier molecular flexibility index (Phi) is 5.60. The largest absolute Gasteiger partial charge is 0.492 e. The molecule has 0 saturated heterocycles. The molecular formula is C22H15F3N2O3S. The van der Waals surface area contributed by atoms with Gasteiger partial charge in [-0.05, 0) is 36.4 Å². The van der Waals surface area contributed by atoms with Gasteiger partial charge in [-0.15, -0.1) is 11.3 Å². The molecule has 4 rings (SSSR count).